The number of hydrogen-bond donors (Lipinski definition) is 0. The lowest BCUT2D eigenvalue weighted by Crippen LogP contribution is -2.40. The lowest BCUT2D eigenvalue weighted by Gasteiger charge is -2.28. The van der Waals surface area contributed by atoms with E-state index in [1.807, 2.05) is 18.7 Å². The van der Waals surface area contributed by atoms with E-state index in [-0.39, 0.29) is 5.91 Å². The van der Waals surface area contributed by atoms with Gasteiger partial charge in [0.1, 0.15) is 0 Å². The molecule has 0 heterocycles. The van der Waals surface area contributed by atoms with E-state index in [4.69, 9.17) is 0 Å². The van der Waals surface area contributed by atoms with Crippen molar-refractivity contribution in [3.63, 3.8) is 0 Å². The summed E-state index contributed by atoms with van der Waals surface area (Å²) in [7, 11) is 0. The summed E-state index contributed by atoms with van der Waals surface area (Å²) in [5.74, 6) is 0.201. The molecular weight excluding hydrogens is 236 g/mol. The van der Waals surface area contributed by atoms with Gasteiger partial charge in [-0.2, -0.15) is 0 Å². The van der Waals surface area contributed by atoms with Crippen LogP contribution in [-0.2, 0) is 4.79 Å². The third kappa shape index (κ3) is 3.98. The molecule has 1 aromatic rings. The van der Waals surface area contributed by atoms with Crippen LogP contribution in [0.2, 0.25) is 0 Å². The van der Waals surface area contributed by atoms with Crippen molar-refractivity contribution in [1.82, 2.24) is 4.90 Å². The van der Waals surface area contributed by atoms with E-state index in [1.54, 1.807) is 0 Å². The molecule has 0 unspecified atom stereocenters. The Balaban J connectivity index is 2.86. The zero-order valence-corrected chi connectivity index (χ0v) is 12.9. The molecule has 0 bridgehead atoms. The highest BCUT2D eigenvalue weighted by Crippen LogP contribution is 2.21. The van der Waals surface area contributed by atoms with Crippen LogP contribution in [0.25, 0.3) is 0 Å². The fraction of sp³-hybridized carbons (Fsp3) is 0.562. The Morgan fingerprint density at radius 2 is 1.68 bits per heavy atom. The minimum atomic E-state index is 0.201. The number of likely N-dealkylation sites (N-methyl/N-ethyl adjacent to an activating group) is 2. The first-order valence-corrected chi connectivity index (χ1v) is 7.13. The van der Waals surface area contributed by atoms with E-state index < -0.39 is 0 Å². The molecule has 106 valence electrons. The van der Waals surface area contributed by atoms with Gasteiger partial charge in [-0.25, -0.2) is 0 Å². The smallest absolute Gasteiger partial charge is 0.242 e. The molecule has 1 aromatic carbocycles. The third-order valence-electron chi connectivity index (χ3n) is 3.52. The molecule has 0 saturated heterocycles. The molecule has 1 rings (SSSR count). The zero-order chi connectivity index (χ0) is 14.4. The van der Waals surface area contributed by atoms with Gasteiger partial charge in [0.2, 0.25) is 5.91 Å². The number of rotatable bonds is 6. The number of hydrogen-bond acceptors (Lipinski definition) is 2. The number of nitrogens with zero attached hydrogens (tertiary/aromatic N) is 2. The van der Waals surface area contributed by atoms with Crippen molar-refractivity contribution in [2.45, 2.75) is 34.6 Å². The van der Waals surface area contributed by atoms with Crippen LogP contribution >= 0.6 is 0 Å². The highest BCUT2D eigenvalue weighted by Gasteiger charge is 2.15. The van der Waals surface area contributed by atoms with Crippen molar-refractivity contribution in [1.29, 1.82) is 0 Å². The first-order valence-electron chi connectivity index (χ1n) is 7.13. The number of amides is 1. The van der Waals surface area contributed by atoms with Gasteiger partial charge in [0.05, 0.1) is 6.54 Å². The van der Waals surface area contributed by atoms with E-state index in [1.165, 1.54) is 11.1 Å². The molecule has 19 heavy (non-hydrogen) atoms. The molecule has 0 aliphatic rings. The Kier molecular flexibility index (Phi) is 5.87. The highest BCUT2D eigenvalue weighted by molar-refractivity contribution is 5.81. The first kappa shape index (κ1) is 15.5. The second-order valence-corrected chi connectivity index (χ2v) is 4.87. The number of anilines is 1. The Hall–Kier alpha value is -1.51. The lowest BCUT2D eigenvalue weighted by molar-refractivity contribution is -0.129. The van der Waals surface area contributed by atoms with Crippen LogP contribution < -0.4 is 4.90 Å². The van der Waals surface area contributed by atoms with E-state index in [9.17, 15) is 4.79 Å². The first-order chi connectivity index (χ1) is 9.03. The van der Waals surface area contributed by atoms with E-state index in [0.29, 0.717) is 6.54 Å². The van der Waals surface area contributed by atoms with Crippen molar-refractivity contribution in [2.75, 3.05) is 31.1 Å². The second-order valence-electron chi connectivity index (χ2n) is 4.87. The topological polar surface area (TPSA) is 23.6 Å². The molecule has 0 N–H and O–H groups in total. The summed E-state index contributed by atoms with van der Waals surface area (Å²) in [6, 6.07) is 6.39. The quantitative estimate of drug-likeness (QED) is 0.787. The Bertz CT molecular complexity index is 425. The van der Waals surface area contributed by atoms with Crippen LogP contribution in [0.1, 0.15) is 31.9 Å². The number of aryl methyl sites for hydroxylation is 2. The lowest BCUT2D eigenvalue weighted by atomic mass is 10.1. The van der Waals surface area contributed by atoms with Gasteiger partial charge >= 0.3 is 0 Å². The predicted molar refractivity (Wildman–Crippen MR) is 81.7 cm³/mol. The van der Waals surface area contributed by atoms with Crippen molar-refractivity contribution >= 4 is 11.6 Å². The Morgan fingerprint density at radius 3 is 2.16 bits per heavy atom. The maximum absolute atomic E-state index is 12.2. The minimum absolute atomic E-state index is 0.201. The van der Waals surface area contributed by atoms with E-state index in [2.05, 4.69) is 43.9 Å². The summed E-state index contributed by atoms with van der Waals surface area (Å²) in [5, 5.41) is 0. The monoisotopic (exact) mass is 262 g/mol. The standard InChI is InChI=1S/C16H26N2O/c1-6-17(7-2)16(19)12-18(8-3)15-10-9-13(4)11-14(15)5/h9-11H,6-8,12H2,1-5H3. The normalized spacial score (nSPS) is 10.4. The zero-order valence-electron chi connectivity index (χ0n) is 12.9. The third-order valence-corrected chi connectivity index (χ3v) is 3.52. The summed E-state index contributed by atoms with van der Waals surface area (Å²) in [4.78, 5) is 16.2. The Morgan fingerprint density at radius 1 is 1.05 bits per heavy atom. The molecule has 0 aromatic heterocycles. The average Bonchev–Trinajstić information content (AvgIpc) is 2.38. The fourth-order valence-electron chi connectivity index (χ4n) is 2.37. The van der Waals surface area contributed by atoms with Gasteiger partial charge in [-0.05, 0) is 46.2 Å². The van der Waals surface area contributed by atoms with Crippen molar-refractivity contribution in [3.8, 4) is 0 Å². The summed E-state index contributed by atoms with van der Waals surface area (Å²) >= 11 is 0. The van der Waals surface area contributed by atoms with Crippen LogP contribution in [0.3, 0.4) is 0 Å². The summed E-state index contributed by atoms with van der Waals surface area (Å²) in [5.41, 5.74) is 3.65. The van der Waals surface area contributed by atoms with Crippen LogP contribution in [-0.4, -0.2) is 37.0 Å². The largest absolute Gasteiger partial charge is 0.362 e. The predicted octanol–water partition coefficient (Wildman–Crippen LogP) is 3.00. The minimum Gasteiger partial charge on any atom is -0.362 e. The van der Waals surface area contributed by atoms with Crippen molar-refractivity contribution in [3.05, 3.63) is 29.3 Å². The van der Waals surface area contributed by atoms with Crippen LogP contribution in [0, 0.1) is 13.8 Å². The highest BCUT2D eigenvalue weighted by atomic mass is 16.2. The maximum Gasteiger partial charge on any atom is 0.242 e. The summed E-state index contributed by atoms with van der Waals surface area (Å²) < 4.78 is 0. The van der Waals surface area contributed by atoms with Gasteiger partial charge < -0.3 is 9.80 Å². The summed E-state index contributed by atoms with van der Waals surface area (Å²) in [6.07, 6.45) is 0. The number of benzene rings is 1. The van der Waals surface area contributed by atoms with Gasteiger partial charge in [0.15, 0.2) is 0 Å². The second kappa shape index (κ2) is 7.17. The number of carbonyl (C=O) groups excluding carboxylic acids is 1. The molecule has 0 fully saturated rings. The molecule has 0 saturated carbocycles. The summed E-state index contributed by atoms with van der Waals surface area (Å²) in [6.45, 7) is 13.2. The molecule has 0 aliphatic heterocycles. The van der Waals surface area contributed by atoms with Crippen LogP contribution in [0.4, 0.5) is 5.69 Å². The average molecular weight is 262 g/mol. The molecule has 0 aliphatic carbocycles. The maximum atomic E-state index is 12.2. The van der Waals surface area contributed by atoms with E-state index >= 15 is 0 Å². The van der Waals surface area contributed by atoms with Crippen LogP contribution in [0.5, 0.6) is 0 Å². The van der Waals surface area contributed by atoms with Gasteiger partial charge in [-0.15, -0.1) is 0 Å². The van der Waals surface area contributed by atoms with Crippen molar-refractivity contribution in [2.24, 2.45) is 0 Å². The molecule has 0 atom stereocenters. The SMILES string of the molecule is CCN(CC)C(=O)CN(CC)c1ccc(C)cc1C. The molecular formula is C16H26N2O. The molecule has 0 spiro atoms. The Labute approximate surface area is 117 Å². The molecule has 3 heteroatoms. The number of carbonyl (C=O) groups is 1. The van der Waals surface area contributed by atoms with Gasteiger partial charge in [-0.3, -0.25) is 4.79 Å². The molecule has 3 nitrogen and oxygen atoms in total. The fourth-order valence-corrected chi connectivity index (χ4v) is 2.37. The molecule has 0 radical (unpaired) electrons. The molecule has 1 amide bonds. The van der Waals surface area contributed by atoms with Gasteiger partial charge in [0, 0.05) is 25.3 Å². The van der Waals surface area contributed by atoms with Crippen LogP contribution in [0.15, 0.2) is 18.2 Å². The van der Waals surface area contributed by atoms with E-state index in [0.717, 1.165) is 25.3 Å². The van der Waals surface area contributed by atoms with Crippen molar-refractivity contribution < 1.29 is 4.79 Å². The van der Waals surface area contributed by atoms with Gasteiger partial charge in [-0.1, -0.05) is 17.7 Å². The van der Waals surface area contributed by atoms with Gasteiger partial charge in [0.25, 0.3) is 0 Å².